The van der Waals surface area contributed by atoms with Gasteiger partial charge in [-0.2, -0.15) is 0 Å². The lowest BCUT2D eigenvalue weighted by Gasteiger charge is -2.25. The standard InChI is InChI=1S/C9H17NO/c1-7(9(10)11)8-5-3-2-4-6-8/h7-8H,2-6H2,1H3,(H2,10,11)/t7-/m0/s1. The molecule has 64 valence electrons. The van der Waals surface area contributed by atoms with Crippen LogP contribution in [-0.2, 0) is 4.79 Å². The van der Waals surface area contributed by atoms with E-state index in [0.717, 1.165) is 0 Å². The van der Waals surface area contributed by atoms with Gasteiger partial charge in [-0.25, -0.2) is 0 Å². The van der Waals surface area contributed by atoms with Crippen molar-refractivity contribution >= 4 is 5.91 Å². The molecule has 1 fully saturated rings. The molecule has 0 heterocycles. The quantitative estimate of drug-likeness (QED) is 0.648. The highest BCUT2D eigenvalue weighted by Gasteiger charge is 2.23. The van der Waals surface area contributed by atoms with Crippen molar-refractivity contribution in [3.63, 3.8) is 0 Å². The second-order valence-corrected chi connectivity index (χ2v) is 3.59. The first-order valence-electron chi connectivity index (χ1n) is 4.51. The zero-order valence-corrected chi connectivity index (χ0v) is 7.18. The van der Waals surface area contributed by atoms with E-state index in [1.165, 1.54) is 32.1 Å². The fourth-order valence-corrected chi connectivity index (χ4v) is 1.87. The first kappa shape index (κ1) is 8.57. The molecule has 1 rings (SSSR count). The predicted molar refractivity (Wildman–Crippen MR) is 44.9 cm³/mol. The molecule has 0 aliphatic heterocycles. The van der Waals surface area contributed by atoms with Gasteiger partial charge in [0.15, 0.2) is 0 Å². The van der Waals surface area contributed by atoms with Crippen molar-refractivity contribution in [2.75, 3.05) is 0 Å². The molecule has 0 aromatic rings. The summed E-state index contributed by atoms with van der Waals surface area (Å²) in [6.07, 6.45) is 6.29. The van der Waals surface area contributed by atoms with Crippen LogP contribution in [0.25, 0.3) is 0 Å². The molecule has 1 aliphatic rings. The summed E-state index contributed by atoms with van der Waals surface area (Å²) in [5.41, 5.74) is 5.23. The molecule has 11 heavy (non-hydrogen) atoms. The lowest BCUT2D eigenvalue weighted by atomic mass is 9.81. The fraction of sp³-hybridized carbons (Fsp3) is 0.889. The van der Waals surface area contributed by atoms with Crippen LogP contribution in [0.2, 0.25) is 0 Å². The summed E-state index contributed by atoms with van der Waals surface area (Å²) in [5.74, 6) is 0.536. The number of rotatable bonds is 2. The van der Waals surface area contributed by atoms with Gasteiger partial charge >= 0.3 is 0 Å². The lowest BCUT2D eigenvalue weighted by molar-refractivity contribution is -0.123. The van der Waals surface area contributed by atoms with E-state index in [0.29, 0.717) is 5.92 Å². The summed E-state index contributed by atoms with van der Waals surface area (Å²) in [5, 5.41) is 0. The summed E-state index contributed by atoms with van der Waals surface area (Å²) in [7, 11) is 0. The Hall–Kier alpha value is -0.530. The van der Waals surface area contributed by atoms with Gasteiger partial charge in [-0.3, -0.25) is 4.79 Å². The Bertz CT molecular complexity index is 138. The monoisotopic (exact) mass is 155 g/mol. The Labute approximate surface area is 68.2 Å². The van der Waals surface area contributed by atoms with Crippen LogP contribution in [0, 0.1) is 11.8 Å². The summed E-state index contributed by atoms with van der Waals surface area (Å²) in [6, 6.07) is 0. The van der Waals surface area contributed by atoms with Crippen molar-refractivity contribution in [1.29, 1.82) is 0 Å². The smallest absolute Gasteiger partial charge is 0.220 e. The average Bonchev–Trinajstić information content (AvgIpc) is 2.05. The first-order valence-corrected chi connectivity index (χ1v) is 4.51. The van der Waals surface area contributed by atoms with Crippen LogP contribution in [0.1, 0.15) is 39.0 Å². The fourth-order valence-electron chi connectivity index (χ4n) is 1.87. The van der Waals surface area contributed by atoms with E-state index in [2.05, 4.69) is 0 Å². The van der Waals surface area contributed by atoms with Crippen LogP contribution in [0.3, 0.4) is 0 Å². The molecular formula is C9H17NO. The third kappa shape index (κ3) is 2.21. The molecule has 1 saturated carbocycles. The van der Waals surface area contributed by atoms with Crippen LogP contribution in [-0.4, -0.2) is 5.91 Å². The minimum absolute atomic E-state index is 0.0929. The summed E-state index contributed by atoms with van der Waals surface area (Å²) >= 11 is 0. The van der Waals surface area contributed by atoms with E-state index in [1.54, 1.807) is 0 Å². The van der Waals surface area contributed by atoms with Gasteiger partial charge in [0.05, 0.1) is 0 Å². The van der Waals surface area contributed by atoms with Gasteiger partial charge in [0.2, 0.25) is 5.91 Å². The van der Waals surface area contributed by atoms with Crippen molar-refractivity contribution in [3.8, 4) is 0 Å². The number of carbonyl (C=O) groups is 1. The Kier molecular flexibility index (Phi) is 2.92. The van der Waals surface area contributed by atoms with Crippen molar-refractivity contribution in [1.82, 2.24) is 0 Å². The van der Waals surface area contributed by atoms with Gasteiger partial charge in [0.25, 0.3) is 0 Å². The molecule has 0 bridgehead atoms. The maximum atomic E-state index is 10.8. The van der Waals surface area contributed by atoms with Gasteiger partial charge in [-0.05, 0) is 18.8 Å². The number of hydrogen-bond donors (Lipinski definition) is 1. The van der Waals surface area contributed by atoms with Crippen molar-refractivity contribution in [2.45, 2.75) is 39.0 Å². The zero-order valence-electron chi connectivity index (χ0n) is 7.18. The molecule has 0 radical (unpaired) electrons. The van der Waals surface area contributed by atoms with Gasteiger partial charge in [0, 0.05) is 5.92 Å². The molecule has 0 aromatic heterocycles. The minimum Gasteiger partial charge on any atom is -0.369 e. The van der Waals surface area contributed by atoms with E-state index in [1.807, 2.05) is 6.92 Å². The SMILES string of the molecule is C[C@H](C(N)=O)C1CCCCC1. The topological polar surface area (TPSA) is 43.1 Å². The van der Waals surface area contributed by atoms with E-state index in [9.17, 15) is 4.79 Å². The number of carbonyl (C=O) groups excluding carboxylic acids is 1. The molecule has 1 amide bonds. The lowest BCUT2D eigenvalue weighted by Crippen LogP contribution is -2.28. The largest absolute Gasteiger partial charge is 0.369 e. The maximum Gasteiger partial charge on any atom is 0.220 e. The molecule has 0 saturated heterocycles. The van der Waals surface area contributed by atoms with E-state index in [4.69, 9.17) is 5.73 Å². The number of amides is 1. The molecule has 0 aromatic carbocycles. The molecule has 1 atom stereocenters. The van der Waals surface area contributed by atoms with Crippen LogP contribution in [0.15, 0.2) is 0 Å². The van der Waals surface area contributed by atoms with Gasteiger partial charge in [-0.15, -0.1) is 0 Å². The Morgan fingerprint density at radius 3 is 2.36 bits per heavy atom. The Morgan fingerprint density at radius 1 is 1.36 bits per heavy atom. The maximum absolute atomic E-state index is 10.8. The zero-order chi connectivity index (χ0) is 8.27. The van der Waals surface area contributed by atoms with Crippen molar-refractivity contribution in [2.24, 2.45) is 17.6 Å². The highest BCUT2D eigenvalue weighted by Crippen LogP contribution is 2.29. The van der Waals surface area contributed by atoms with Gasteiger partial charge in [0.1, 0.15) is 0 Å². The van der Waals surface area contributed by atoms with Gasteiger partial charge in [-0.1, -0.05) is 26.2 Å². The van der Waals surface area contributed by atoms with Crippen molar-refractivity contribution in [3.05, 3.63) is 0 Å². The highest BCUT2D eigenvalue weighted by molar-refractivity contribution is 5.76. The van der Waals surface area contributed by atoms with E-state index < -0.39 is 0 Å². The average molecular weight is 155 g/mol. The van der Waals surface area contributed by atoms with Crippen LogP contribution in [0.4, 0.5) is 0 Å². The molecule has 2 heteroatoms. The Balaban J connectivity index is 2.38. The second kappa shape index (κ2) is 3.74. The highest BCUT2D eigenvalue weighted by atomic mass is 16.1. The normalized spacial score (nSPS) is 23.0. The van der Waals surface area contributed by atoms with Crippen LogP contribution in [0.5, 0.6) is 0 Å². The summed E-state index contributed by atoms with van der Waals surface area (Å²) in [6.45, 7) is 1.96. The number of nitrogens with two attached hydrogens (primary N) is 1. The number of primary amides is 1. The predicted octanol–water partition coefficient (Wildman–Crippen LogP) is 1.69. The van der Waals surface area contributed by atoms with Crippen LogP contribution >= 0.6 is 0 Å². The molecule has 2 nitrogen and oxygen atoms in total. The third-order valence-corrected chi connectivity index (χ3v) is 2.81. The molecule has 2 N–H and O–H groups in total. The first-order chi connectivity index (χ1) is 5.22. The van der Waals surface area contributed by atoms with E-state index in [-0.39, 0.29) is 11.8 Å². The second-order valence-electron chi connectivity index (χ2n) is 3.59. The molecule has 0 spiro atoms. The molecule has 0 unspecified atom stereocenters. The summed E-state index contributed by atoms with van der Waals surface area (Å²) < 4.78 is 0. The number of hydrogen-bond acceptors (Lipinski definition) is 1. The third-order valence-electron chi connectivity index (χ3n) is 2.81. The Morgan fingerprint density at radius 2 is 1.91 bits per heavy atom. The molecule has 1 aliphatic carbocycles. The van der Waals surface area contributed by atoms with Crippen molar-refractivity contribution < 1.29 is 4.79 Å². The minimum atomic E-state index is -0.128. The summed E-state index contributed by atoms with van der Waals surface area (Å²) in [4.78, 5) is 10.8. The van der Waals surface area contributed by atoms with Crippen LogP contribution < -0.4 is 5.73 Å². The molecular weight excluding hydrogens is 138 g/mol. The van der Waals surface area contributed by atoms with E-state index >= 15 is 0 Å². The van der Waals surface area contributed by atoms with Gasteiger partial charge < -0.3 is 5.73 Å².